The molecule has 666 valence electrons. The fraction of sp³-hybridized carbons (Fsp3) is 0.937. The van der Waals surface area contributed by atoms with Gasteiger partial charge in [-0.1, -0.05) is 0 Å². The molecule has 52 nitrogen and oxygen atoms in total. The number of amides is 3. The number of aliphatic hydroxyl groups excluding tert-OH is 27. The molecule has 0 bridgehead atoms. The Kier molecular flexibility index (Phi) is 33.7. The maximum absolute atomic E-state index is 13.1. The zero-order valence-electron chi connectivity index (χ0n) is 61.1. The van der Waals surface area contributed by atoms with Crippen LogP contribution in [0.2, 0.25) is 0 Å². The summed E-state index contributed by atoms with van der Waals surface area (Å²) in [6.07, 6.45) is -92.5. The van der Waals surface area contributed by atoms with Gasteiger partial charge >= 0.3 is 5.97 Å². The van der Waals surface area contributed by atoms with E-state index in [1.54, 1.807) is 0 Å². The van der Waals surface area contributed by atoms with Crippen molar-refractivity contribution in [3.8, 4) is 0 Å². The van der Waals surface area contributed by atoms with E-state index in [1.807, 2.05) is 0 Å². The van der Waals surface area contributed by atoms with E-state index in [0.29, 0.717) is 0 Å². The van der Waals surface area contributed by atoms with E-state index in [4.69, 9.17) is 80.5 Å². The zero-order chi connectivity index (χ0) is 85.0. The third kappa shape index (κ3) is 20.6. The second-order valence-corrected chi connectivity index (χ2v) is 28.9. The van der Waals surface area contributed by atoms with Crippen molar-refractivity contribution in [3.05, 3.63) is 0 Å². The highest BCUT2D eigenvalue weighted by Crippen LogP contribution is 2.42. The molecule has 0 saturated carbocycles. The molecule has 0 aromatic heterocycles. The van der Waals surface area contributed by atoms with Gasteiger partial charge in [0.25, 0.3) is 5.79 Å². The van der Waals surface area contributed by atoms with Crippen LogP contribution in [0.4, 0.5) is 0 Å². The predicted molar refractivity (Wildman–Crippen MR) is 349 cm³/mol. The SMILES string of the molecule is CC(=O)N[C@H]1[C@H](O[C@@H]2[C@@H](OC[C@H]3O[C@@H](O[C@H]4[C@H](O)[C@@H](NC(C)=O)C(O)O[C@@H]4CO)[C@@H](O)[C@@H](O[C@H]4O[C@H](CO)[C@@H](O)[C@H](O)[C@@H]4O[C@@H]4O[C@H](CO)[C@@H](O[C@@H]5O[C@H](CO)[C@H](O)[C@H](O[C@]6(C(=O)O)C[C@H](O)[C@@H](O)[C@H]([C@H](O)[C@H](O)CO)O6)[C@H]5O)[C@H](O)[C@H]4NC(C)=O)[C@@H]3O)O[C@H](CO)[C@@H](O)[C@@H]2O)O[C@H](CO)[C@@H](O[C@@H]2O[C@H](CO)[C@H](O)[C@H](O)[C@H]2O)[C@@H]1O. The van der Waals surface area contributed by atoms with Crippen molar-refractivity contribution in [1.29, 1.82) is 0 Å². The number of ether oxygens (including phenoxy) is 17. The monoisotopic (exact) mass is 1690 g/mol. The van der Waals surface area contributed by atoms with E-state index < -0.39 is 371 Å². The Bertz CT molecular complexity index is 3080. The van der Waals surface area contributed by atoms with Crippen molar-refractivity contribution in [2.45, 2.75) is 309 Å². The van der Waals surface area contributed by atoms with E-state index in [9.17, 15) is 162 Å². The number of carboxylic acids is 1. The van der Waals surface area contributed by atoms with E-state index in [0.717, 1.165) is 20.8 Å². The quantitative estimate of drug-likeness (QED) is 0.0306. The molecule has 52 heteroatoms. The molecule has 0 aromatic carbocycles. The summed E-state index contributed by atoms with van der Waals surface area (Å²) in [5.74, 6) is -8.30. The van der Waals surface area contributed by atoms with Gasteiger partial charge in [-0.15, -0.1) is 0 Å². The number of hydrogen-bond acceptors (Lipinski definition) is 48. The van der Waals surface area contributed by atoms with Crippen molar-refractivity contribution in [2.75, 3.05) is 59.5 Å². The number of nitrogens with one attached hydrogen (secondary N) is 3. The second kappa shape index (κ2) is 40.9. The maximum atomic E-state index is 13.1. The smallest absolute Gasteiger partial charge is 0.364 e. The molecular formula is C63H105N3O49. The first-order valence-corrected chi connectivity index (χ1v) is 36.3. The Morgan fingerprint density at radius 2 is 0.704 bits per heavy atom. The van der Waals surface area contributed by atoms with Crippen LogP contribution in [0.5, 0.6) is 0 Å². The highest BCUT2D eigenvalue weighted by atomic mass is 16.8. The predicted octanol–water partition coefficient (Wildman–Crippen LogP) is -21.0. The molecule has 46 atom stereocenters. The highest BCUT2D eigenvalue weighted by Gasteiger charge is 2.63. The molecule has 0 radical (unpaired) electrons. The molecule has 1 unspecified atom stereocenters. The molecule has 9 saturated heterocycles. The van der Waals surface area contributed by atoms with Gasteiger partial charge in [0, 0.05) is 27.2 Å². The summed E-state index contributed by atoms with van der Waals surface area (Å²) in [6, 6.07) is -5.78. The van der Waals surface area contributed by atoms with Crippen molar-refractivity contribution in [3.63, 3.8) is 0 Å². The lowest BCUT2D eigenvalue weighted by Gasteiger charge is -2.51. The van der Waals surface area contributed by atoms with Crippen LogP contribution in [0.3, 0.4) is 0 Å². The first-order valence-electron chi connectivity index (χ1n) is 36.3. The van der Waals surface area contributed by atoms with E-state index in [2.05, 4.69) is 16.0 Å². The summed E-state index contributed by atoms with van der Waals surface area (Å²) in [4.78, 5) is 51.3. The molecule has 31 N–H and O–H groups in total. The van der Waals surface area contributed by atoms with Gasteiger partial charge in [-0.25, -0.2) is 4.79 Å². The van der Waals surface area contributed by atoms with Crippen LogP contribution < -0.4 is 16.0 Å². The van der Waals surface area contributed by atoms with E-state index in [1.165, 1.54) is 0 Å². The van der Waals surface area contributed by atoms with Crippen LogP contribution in [0.1, 0.15) is 27.2 Å². The van der Waals surface area contributed by atoms with Gasteiger partial charge in [0.05, 0.1) is 65.6 Å². The summed E-state index contributed by atoms with van der Waals surface area (Å²) in [5, 5.41) is 315. The Morgan fingerprint density at radius 3 is 1.15 bits per heavy atom. The fourth-order valence-corrected chi connectivity index (χ4v) is 14.7. The van der Waals surface area contributed by atoms with Gasteiger partial charge in [-0.05, 0) is 0 Å². The fourth-order valence-electron chi connectivity index (χ4n) is 14.7. The highest BCUT2D eigenvalue weighted by molar-refractivity contribution is 5.76. The molecule has 9 rings (SSSR count). The van der Waals surface area contributed by atoms with Crippen LogP contribution >= 0.6 is 0 Å². The molecule has 0 aromatic rings. The van der Waals surface area contributed by atoms with Gasteiger partial charge < -0.3 is 239 Å². The minimum atomic E-state index is -3.30. The van der Waals surface area contributed by atoms with Crippen LogP contribution in [-0.4, -0.2) is 508 Å². The summed E-state index contributed by atoms with van der Waals surface area (Å²) < 4.78 is 99.5. The molecule has 0 spiro atoms. The number of rotatable bonds is 31. The molecule has 3 amide bonds. The largest absolute Gasteiger partial charge is 0.477 e. The molecule has 9 aliphatic heterocycles. The van der Waals surface area contributed by atoms with E-state index in [-0.39, 0.29) is 0 Å². The van der Waals surface area contributed by atoms with Crippen molar-refractivity contribution in [1.82, 2.24) is 16.0 Å². The normalized spacial score (nSPS) is 48.6. The molecule has 9 heterocycles. The number of carbonyl (C=O) groups excluding carboxylic acids is 3. The first-order chi connectivity index (χ1) is 54.3. The van der Waals surface area contributed by atoms with Crippen LogP contribution in [0.25, 0.3) is 0 Å². The summed E-state index contributed by atoms with van der Waals surface area (Å²) in [6.45, 7) is -7.59. The standard InChI is InChI=1S/C63H105N3O49/c1-14(75)64-27-37(87)46(23(10-72)100-54(27)96)109-58-44(94)49(36(86)26(107-58)13-99-60-52(41(91)33(83)20(7-69)103-60)112-55-28(65-15(2)76)38(88)47(24(11-73)105-55)108-57-43(93)40(90)32(82)19(6-68)101-57)111-61-53(42(92)34(84)21(8-70)104-61)113-56-29(66-16(3)77)39(89)48(25(12-74)106-56)110-59-45(95)51(35(85)22(9-71)102-59)115-63(62(97)98)4-17(78)30(80)50(114-63)31(81)18(79)5-67/h17-61,67-74,78-96H,4-13H2,1-3H3,(H,64,75)(H,65,76)(H,66,77)(H,97,98)/t17-,18+,19+,20+,21+,22+,23+,24+,25+,26+,27+,28+,29+,30+,31+,32-,33+,34+,35-,36+,37+,38+,39+,40-,41-,42-,43+,44-,45+,46+,47+,48+,49-,50+,51-,52-,53-,54?,55-,56-,57-,58-,59-,60-,61+,63-/m0/s1. The number of hydrogen-bond donors (Lipinski definition) is 31. The Labute approximate surface area is 649 Å². The lowest BCUT2D eigenvalue weighted by Crippen LogP contribution is -2.71. The number of carboxylic acid groups (broad SMARTS) is 1. The zero-order valence-corrected chi connectivity index (χ0v) is 61.1. The molecular weight excluding hydrogens is 1580 g/mol. The summed E-state index contributed by atoms with van der Waals surface area (Å²) >= 11 is 0. The third-order valence-electron chi connectivity index (χ3n) is 20.9. The van der Waals surface area contributed by atoms with Gasteiger partial charge in [0.2, 0.25) is 17.7 Å². The average molecular weight is 1690 g/mol. The minimum Gasteiger partial charge on any atom is -0.477 e. The minimum absolute atomic E-state index is 0.866. The van der Waals surface area contributed by atoms with Crippen molar-refractivity contribution < 1.29 is 243 Å². The maximum Gasteiger partial charge on any atom is 0.364 e. The number of aliphatic carboxylic acids is 1. The number of carbonyl (C=O) groups is 4. The molecule has 9 aliphatic rings. The Balaban J connectivity index is 1.01. The van der Waals surface area contributed by atoms with Crippen molar-refractivity contribution >= 4 is 23.7 Å². The van der Waals surface area contributed by atoms with Gasteiger partial charge in [-0.2, -0.15) is 0 Å². The summed E-state index contributed by atoms with van der Waals surface area (Å²) in [5.41, 5.74) is 0. The third-order valence-corrected chi connectivity index (χ3v) is 20.9. The van der Waals surface area contributed by atoms with Crippen molar-refractivity contribution in [2.24, 2.45) is 0 Å². The van der Waals surface area contributed by atoms with Crippen LogP contribution in [0, 0.1) is 0 Å². The van der Waals surface area contributed by atoms with Gasteiger partial charge in [-0.3, -0.25) is 14.4 Å². The van der Waals surface area contributed by atoms with E-state index >= 15 is 0 Å². The topological polar surface area (TPSA) is 828 Å². The number of aliphatic hydroxyl groups is 27. The van der Waals surface area contributed by atoms with Crippen LogP contribution in [-0.2, 0) is 99.7 Å². The van der Waals surface area contributed by atoms with Gasteiger partial charge in [0.15, 0.2) is 50.3 Å². The second-order valence-electron chi connectivity index (χ2n) is 28.9. The molecule has 0 aliphatic carbocycles. The van der Waals surface area contributed by atoms with Gasteiger partial charge in [0.1, 0.15) is 220 Å². The molecule has 115 heavy (non-hydrogen) atoms. The first kappa shape index (κ1) is 95.0. The Morgan fingerprint density at radius 1 is 0.357 bits per heavy atom. The lowest BCUT2D eigenvalue weighted by atomic mass is 9.90. The Hall–Kier alpha value is -3.88. The summed E-state index contributed by atoms with van der Waals surface area (Å²) in [7, 11) is 0. The molecule has 9 fully saturated rings. The van der Waals surface area contributed by atoms with Crippen LogP contribution in [0.15, 0.2) is 0 Å². The lowest BCUT2D eigenvalue weighted by molar-refractivity contribution is -0.400. The average Bonchev–Trinajstić information content (AvgIpc) is 0.776.